The van der Waals surface area contributed by atoms with Crippen LogP contribution < -0.4 is 0 Å². The predicted molar refractivity (Wildman–Crippen MR) is 56.1 cm³/mol. The Morgan fingerprint density at radius 2 is 1.15 bits per heavy atom. The normalized spacial score (nSPS) is 13.4. The third-order valence-electron chi connectivity index (χ3n) is 2.13. The lowest BCUT2D eigenvalue weighted by atomic mass is 11.7. The maximum absolute atomic E-state index is 5.43. The molecule has 0 saturated carbocycles. The van der Waals surface area contributed by atoms with E-state index in [9.17, 15) is 0 Å². The molecule has 0 N–H and O–H groups in total. The Morgan fingerprint density at radius 3 is 1.38 bits per heavy atom. The maximum atomic E-state index is 5.43. The van der Waals surface area contributed by atoms with Gasteiger partial charge in [0.1, 0.15) is 0 Å². The lowest BCUT2D eigenvalue weighted by molar-refractivity contribution is 0.127. The molecule has 0 rings (SSSR count). The molecule has 0 aromatic rings. The molecule has 0 aliphatic carbocycles. The van der Waals surface area contributed by atoms with E-state index in [0.717, 1.165) is 5.67 Å². The molecular formula is C7H20O4Si2. The average molecular weight is 224 g/mol. The summed E-state index contributed by atoms with van der Waals surface area (Å²) in [6.45, 7) is 4.23. The number of hydrogen-bond donors (Lipinski definition) is 0. The van der Waals surface area contributed by atoms with Crippen LogP contribution in [0.15, 0.2) is 0 Å². The predicted octanol–water partition coefficient (Wildman–Crippen LogP) is 1.26. The first-order chi connectivity index (χ1) is 5.95. The van der Waals surface area contributed by atoms with Crippen LogP contribution in [0.25, 0.3) is 0 Å². The van der Waals surface area contributed by atoms with E-state index in [-0.39, 0.29) is 0 Å². The number of hydrogen-bond acceptors (Lipinski definition) is 4. The van der Waals surface area contributed by atoms with Crippen LogP contribution in [0.2, 0.25) is 18.8 Å². The van der Waals surface area contributed by atoms with Gasteiger partial charge in [-0.15, -0.1) is 0 Å². The Balaban J connectivity index is 4.41. The highest BCUT2D eigenvalue weighted by molar-refractivity contribution is 6.85. The summed E-state index contributed by atoms with van der Waals surface area (Å²) in [6, 6.07) is 0. The van der Waals surface area contributed by atoms with Crippen LogP contribution in [0.4, 0.5) is 0 Å². The fourth-order valence-electron chi connectivity index (χ4n) is 1.06. The first-order valence-corrected chi connectivity index (χ1v) is 9.20. The summed E-state index contributed by atoms with van der Waals surface area (Å²) in [4.78, 5) is 0. The lowest BCUT2D eigenvalue weighted by Gasteiger charge is -2.30. The van der Waals surface area contributed by atoms with Crippen molar-refractivity contribution in [3.63, 3.8) is 0 Å². The van der Waals surface area contributed by atoms with Crippen molar-refractivity contribution in [3.8, 4) is 0 Å². The van der Waals surface area contributed by atoms with Crippen LogP contribution >= 0.6 is 0 Å². The molecule has 6 heteroatoms. The number of rotatable bonds is 6. The van der Waals surface area contributed by atoms with E-state index in [4.69, 9.17) is 17.7 Å². The third-order valence-corrected chi connectivity index (χ3v) is 10.2. The summed E-state index contributed by atoms with van der Waals surface area (Å²) in [7, 11) is 2.48. The second-order valence-electron chi connectivity index (χ2n) is 3.44. The van der Waals surface area contributed by atoms with Crippen molar-refractivity contribution in [3.05, 3.63) is 0 Å². The molecule has 0 aliphatic heterocycles. The molecule has 0 radical (unpaired) electrons. The molecule has 0 aromatic heterocycles. The van der Waals surface area contributed by atoms with Crippen LogP contribution in [0.5, 0.6) is 0 Å². The van der Waals surface area contributed by atoms with E-state index < -0.39 is 17.1 Å². The first-order valence-electron chi connectivity index (χ1n) is 4.16. The van der Waals surface area contributed by atoms with Gasteiger partial charge < -0.3 is 17.7 Å². The van der Waals surface area contributed by atoms with Crippen LogP contribution in [-0.2, 0) is 17.7 Å². The van der Waals surface area contributed by atoms with Gasteiger partial charge in [0.05, 0.1) is 0 Å². The van der Waals surface area contributed by atoms with Gasteiger partial charge in [0, 0.05) is 34.1 Å². The summed E-state index contributed by atoms with van der Waals surface area (Å²) in [5, 5.41) is 0. The monoisotopic (exact) mass is 224 g/mol. The Hall–Kier alpha value is 0.274. The molecule has 0 saturated heterocycles. The average Bonchev–Trinajstić information content (AvgIpc) is 2.14. The molecule has 4 nitrogen and oxygen atoms in total. The van der Waals surface area contributed by atoms with Crippen molar-refractivity contribution in [2.75, 3.05) is 28.4 Å². The van der Waals surface area contributed by atoms with Gasteiger partial charge in [-0.05, 0) is 13.1 Å². The van der Waals surface area contributed by atoms with Crippen molar-refractivity contribution >= 4 is 17.1 Å². The molecular weight excluding hydrogens is 204 g/mol. The Bertz CT molecular complexity index is 139. The zero-order chi connectivity index (χ0) is 10.5. The van der Waals surface area contributed by atoms with E-state index >= 15 is 0 Å². The second-order valence-corrected chi connectivity index (χ2v) is 11.4. The van der Waals surface area contributed by atoms with Gasteiger partial charge in [-0.25, -0.2) is 0 Å². The summed E-state index contributed by atoms with van der Waals surface area (Å²) >= 11 is 0. The molecule has 80 valence electrons. The topological polar surface area (TPSA) is 36.9 Å². The highest BCUT2D eigenvalue weighted by Gasteiger charge is 2.45. The molecule has 0 spiro atoms. The summed E-state index contributed by atoms with van der Waals surface area (Å²) in [6.07, 6.45) is 0. The largest absolute Gasteiger partial charge is 0.499 e. The fraction of sp³-hybridized carbons (Fsp3) is 1.00. The Morgan fingerprint density at radius 1 is 0.769 bits per heavy atom. The first kappa shape index (κ1) is 13.3. The van der Waals surface area contributed by atoms with Crippen molar-refractivity contribution in [2.45, 2.75) is 18.8 Å². The van der Waals surface area contributed by atoms with E-state index in [0.29, 0.717) is 0 Å². The second kappa shape index (κ2) is 5.23. The molecule has 0 heterocycles. The molecule has 0 fully saturated rings. The highest BCUT2D eigenvalue weighted by atomic mass is 28.4. The molecule has 0 aliphatic rings. The SMILES string of the molecule is CO[Si](C)(C)C[Si](OC)(OC)OC. The van der Waals surface area contributed by atoms with Crippen LogP contribution in [0.3, 0.4) is 0 Å². The third kappa shape index (κ3) is 3.88. The minimum atomic E-state index is -2.44. The van der Waals surface area contributed by atoms with E-state index in [2.05, 4.69) is 13.1 Å². The Labute approximate surface area is 82.6 Å². The molecule has 0 bridgehead atoms. The standard InChI is InChI=1S/C7H20O4Si2/c1-8-12(5,6)7-13(9-2,10-3)11-4/h7H2,1-6H3. The molecule has 13 heavy (non-hydrogen) atoms. The zero-order valence-electron chi connectivity index (χ0n) is 9.34. The van der Waals surface area contributed by atoms with Crippen LogP contribution in [-0.4, -0.2) is 45.6 Å². The van der Waals surface area contributed by atoms with Gasteiger partial charge in [0.25, 0.3) is 0 Å². The quantitative estimate of drug-likeness (QED) is 0.637. The van der Waals surface area contributed by atoms with Crippen LogP contribution in [0, 0.1) is 0 Å². The molecule has 0 atom stereocenters. The summed E-state index contributed by atoms with van der Waals surface area (Å²) in [5.74, 6) is 0. The maximum Gasteiger partial charge on any atom is 0.499 e. The van der Waals surface area contributed by atoms with Gasteiger partial charge >= 0.3 is 8.80 Å². The van der Waals surface area contributed by atoms with Gasteiger partial charge in [0.15, 0.2) is 8.32 Å². The summed E-state index contributed by atoms with van der Waals surface area (Å²) in [5.41, 5.74) is 0.778. The van der Waals surface area contributed by atoms with Crippen molar-refractivity contribution in [1.82, 2.24) is 0 Å². The van der Waals surface area contributed by atoms with Crippen molar-refractivity contribution in [2.24, 2.45) is 0 Å². The van der Waals surface area contributed by atoms with E-state index in [1.165, 1.54) is 0 Å². The van der Waals surface area contributed by atoms with E-state index in [1.54, 1.807) is 28.4 Å². The lowest BCUT2D eigenvalue weighted by Crippen LogP contribution is -2.50. The Kier molecular flexibility index (Phi) is 5.34. The smallest absolute Gasteiger partial charge is 0.421 e. The van der Waals surface area contributed by atoms with Gasteiger partial charge in [-0.1, -0.05) is 0 Å². The van der Waals surface area contributed by atoms with Crippen molar-refractivity contribution in [1.29, 1.82) is 0 Å². The van der Waals surface area contributed by atoms with Gasteiger partial charge in [-0.3, -0.25) is 0 Å². The minimum absolute atomic E-state index is 0.778. The van der Waals surface area contributed by atoms with Crippen molar-refractivity contribution < 1.29 is 17.7 Å². The highest BCUT2D eigenvalue weighted by Crippen LogP contribution is 2.21. The molecule has 0 unspecified atom stereocenters. The molecule has 0 aromatic carbocycles. The summed E-state index contributed by atoms with van der Waals surface area (Å²) < 4.78 is 21.4. The van der Waals surface area contributed by atoms with Gasteiger partial charge in [0.2, 0.25) is 0 Å². The fourth-order valence-corrected chi connectivity index (χ4v) is 8.04. The van der Waals surface area contributed by atoms with E-state index in [1.807, 2.05) is 0 Å². The molecule has 0 amide bonds. The minimum Gasteiger partial charge on any atom is -0.421 e. The van der Waals surface area contributed by atoms with Gasteiger partial charge in [-0.2, -0.15) is 0 Å². The zero-order valence-corrected chi connectivity index (χ0v) is 11.3. The van der Waals surface area contributed by atoms with Crippen LogP contribution in [0.1, 0.15) is 0 Å².